The molecular formula is C16H34N4Si. The van der Waals surface area contributed by atoms with Crippen LogP contribution in [0.1, 0.15) is 77.0 Å². The van der Waals surface area contributed by atoms with E-state index in [1.807, 2.05) is 0 Å². The molecule has 21 heavy (non-hydrogen) atoms. The third-order valence-electron chi connectivity index (χ3n) is 5.70. The molecule has 3 fully saturated rings. The molecule has 0 spiro atoms. The van der Waals surface area contributed by atoms with Gasteiger partial charge in [-0.1, -0.05) is 38.5 Å². The molecule has 3 saturated carbocycles. The smallest absolute Gasteiger partial charge is 0.303 e. The summed E-state index contributed by atoms with van der Waals surface area (Å²) in [5.74, 6) is 0. The second kappa shape index (κ2) is 7.55. The van der Waals surface area contributed by atoms with E-state index < -0.39 is 8.72 Å². The predicted octanol–water partition coefficient (Wildman–Crippen LogP) is 2.24. The Balaban J connectivity index is 1.65. The molecule has 0 heterocycles. The molecule has 122 valence electrons. The van der Waals surface area contributed by atoms with E-state index in [2.05, 4.69) is 27.0 Å². The molecule has 0 bridgehead atoms. The van der Waals surface area contributed by atoms with Crippen LogP contribution in [-0.2, 0) is 0 Å². The van der Waals surface area contributed by atoms with Crippen molar-refractivity contribution in [2.24, 2.45) is 0 Å². The van der Waals surface area contributed by atoms with Gasteiger partial charge in [-0.15, -0.1) is 0 Å². The van der Waals surface area contributed by atoms with Crippen molar-refractivity contribution < 1.29 is 0 Å². The molecule has 0 atom stereocenters. The van der Waals surface area contributed by atoms with Gasteiger partial charge in [-0.2, -0.15) is 0 Å². The molecule has 0 aliphatic heterocycles. The van der Waals surface area contributed by atoms with Gasteiger partial charge in [0.05, 0.1) is 0 Å². The maximum absolute atomic E-state index is 4.04. The van der Waals surface area contributed by atoms with Crippen LogP contribution in [0.5, 0.6) is 0 Å². The van der Waals surface area contributed by atoms with Crippen molar-refractivity contribution in [3.63, 3.8) is 0 Å². The number of hydrogen-bond acceptors (Lipinski definition) is 4. The summed E-state index contributed by atoms with van der Waals surface area (Å²) in [4.78, 5) is 15.8. The Morgan fingerprint density at radius 1 is 0.571 bits per heavy atom. The normalized spacial score (nSPS) is 26.1. The minimum Gasteiger partial charge on any atom is -0.303 e. The zero-order chi connectivity index (χ0) is 14.5. The first-order valence-corrected chi connectivity index (χ1v) is 11.3. The van der Waals surface area contributed by atoms with Crippen LogP contribution in [0.2, 0.25) is 0 Å². The highest BCUT2D eigenvalue weighted by atomic mass is 28.4. The lowest BCUT2D eigenvalue weighted by Crippen LogP contribution is -2.83. The molecule has 3 rings (SSSR count). The van der Waals surface area contributed by atoms with Gasteiger partial charge >= 0.3 is 8.72 Å². The molecule has 0 aromatic carbocycles. The maximum Gasteiger partial charge on any atom is 0.366 e. The second-order valence-corrected chi connectivity index (χ2v) is 10.2. The minimum atomic E-state index is -1.96. The Hall–Kier alpha value is 0.0569. The number of nitrogens with one attached hydrogen (secondary N) is 4. The first-order chi connectivity index (χ1) is 10.3. The van der Waals surface area contributed by atoms with Crippen LogP contribution < -0.4 is 19.9 Å². The second-order valence-electron chi connectivity index (χ2n) is 7.38. The van der Waals surface area contributed by atoms with Crippen LogP contribution in [0.15, 0.2) is 0 Å². The van der Waals surface area contributed by atoms with Gasteiger partial charge in [0.1, 0.15) is 0 Å². The van der Waals surface area contributed by atoms with Crippen LogP contribution in [0.4, 0.5) is 0 Å². The SMILES string of the molecule is CN[Si](NC1CCCC1)(NC1CCCC1)NC1CCCC1. The number of hydrogen-bond donors (Lipinski definition) is 4. The number of rotatable bonds is 7. The Morgan fingerprint density at radius 2 is 0.857 bits per heavy atom. The zero-order valence-corrected chi connectivity index (χ0v) is 14.7. The topological polar surface area (TPSA) is 48.1 Å². The average Bonchev–Trinajstić information content (AvgIpc) is 3.21. The lowest BCUT2D eigenvalue weighted by atomic mass is 10.3. The Bertz CT molecular complexity index is 262. The van der Waals surface area contributed by atoms with Crippen molar-refractivity contribution in [3.05, 3.63) is 0 Å². The molecule has 0 radical (unpaired) electrons. The van der Waals surface area contributed by atoms with E-state index in [-0.39, 0.29) is 0 Å². The predicted molar refractivity (Wildman–Crippen MR) is 91.0 cm³/mol. The summed E-state index contributed by atoms with van der Waals surface area (Å²) in [5.41, 5.74) is 0. The van der Waals surface area contributed by atoms with Crippen molar-refractivity contribution in [3.8, 4) is 0 Å². The van der Waals surface area contributed by atoms with E-state index >= 15 is 0 Å². The zero-order valence-electron chi connectivity index (χ0n) is 13.7. The van der Waals surface area contributed by atoms with E-state index in [1.54, 1.807) is 0 Å². The van der Waals surface area contributed by atoms with Gasteiger partial charge < -0.3 is 4.98 Å². The van der Waals surface area contributed by atoms with Gasteiger partial charge in [0.25, 0.3) is 0 Å². The Labute approximate surface area is 131 Å². The molecule has 0 unspecified atom stereocenters. The summed E-state index contributed by atoms with van der Waals surface area (Å²) in [6.07, 6.45) is 16.5. The van der Waals surface area contributed by atoms with E-state index in [0.717, 1.165) is 0 Å². The summed E-state index contributed by atoms with van der Waals surface area (Å²) in [7, 11) is 0.186. The molecule has 0 amide bonds. The highest BCUT2D eigenvalue weighted by Crippen LogP contribution is 2.23. The van der Waals surface area contributed by atoms with E-state index in [0.29, 0.717) is 18.1 Å². The van der Waals surface area contributed by atoms with Crippen LogP contribution in [-0.4, -0.2) is 33.9 Å². The van der Waals surface area contributed by atoms with Crippen LogP contribution in [0.25, 0.3) is 0 Å². The summed E-state index contributed by atoms with van der Waals surface area (Å²) in [6.45, 7) is 0. The van der Waals surface area contributed by atoms with E-state index in [1.165, 1.54) is 77.0 Å². The van der Waals surface area contributed by atoms with Crippen molar-refractivity contribution >= 4 is 8.72 Å². The standard InChI is InChI=1S/C16H34N4Si/c1-17-21(18-14-8-2-3-9-14,19-15-10-4-5-11-15)20-16-12-6-7-13-16/h14-20H,2-13H2,1H3. The molecule has 0 aromatic rings. The van der Waals surface area contributed by atoms with Crippen molar-refractivity contribution in [2.45, 2.75) is 95.2 Å². The third kappa shape index (κ3) is 4.29. The maximum atomic E-state index is 4.04. The summed E-state index contributed by atoms with van der Waals surface area (Å²) < 4.78 is 0. The lowest BCUT2D eigenvalue weighted by molar-refractivity contribution is 0.511. The molecular weight excluding hydrogens is 276 g/mol. The Morgan fingerprint density at radius 3 is 1.10 bits per heavy atom. The van der Waals surface area contributed by atoms with Crippen molar-refractivity contribution in [1.82, 2.24) is 19.9 Å². The molecule has 0 aromatic heterocycles. The third-order valence-corrected chi connectivity index (χ3v) is 8.98. The highest BCUT2D eigenvalue weighted by Gasteiger charge is 2.41. The average molecular weight is 311 g/mol. The highest BCUT2D eigenvalue weighted by molar-refractivity contribution is 6.70. The molecule has 3 aliphatic carbocycles. The minimum absolute atomic E-state index is 0.715. The van der Waals surface area contributed by atoms with E-state index in [9.17, 15) is 0 Å². The van der Waals surface area contributed by atoms with E-state index in [4.69, 9.17) is 0 Å². The van der Waals surface area contributed by atoms with Gasteiger partial charge in [-0.3, -0.25) is 14.9 Å². The Kier molecular flexibility index (Phi) is 5.73. The first-order valence-electron chi connectivity index (χ1n) is 9.32. The fraction of sp³-hybridized carbons (Fsp3) is 1.00. The van der Waals surface area contributed by atoms with Crippen LogP contribution in [0, 0.1) is 0 Å². The van der Waals surface area contributed by atoms with Gasteiger partial charge in [0.15, 0.2) is 0 Å². The lowest BCUT2D eigenvalue weighted by Gasteiger charge is -2.39. The molecule has 4 N–H and O–H groups in total. The fourth-order valence-corrected chi connectivity index (χ4v) is 7.86. The van der Waals surface area contributed by atoms with Crippen LogP contribution >= 0.6 is 0 Å². The van der Waals surface area contributed by atoms with Gasteiger partial charge in [-0.05, 0) is 45.6 Å². The summed E-state index contributed by atoms with van der Waals surface area (Å²) in [6, 6.07) is 2.14. The largest absolute Gasteiger partial charge is 0.366 e. The molecule has 5 heteroatoms. The van der Waals surface area contributed by atoms with Gasteiger partial charge in [0.2, 0.25) is 0 Å². The summed E-state index contributed by atoms with van der Waals surface area (Å²) in [5, 5.41) is 0. The summed E-state index contributed by atoms with van der Waals surface area (Å²) >= 11 is 0. The first kappa shape index (κ1) is 15.9. The fourth-order valence-electron chi connectivity index (χ4n) is 4.47. The van der Waals surface area contributed by atoms with Gasteiger partial charge in [0, 0.05) is 18.1 Å². The van der Waals surface area contributed by atoms with Crippen LogP contribution in [0.3, 0.4) is 0 Å². The molecule has 0 saturated heterocycles. The molecule has 4 nitrogen and oxygen atoms in total. The van der Waals surface area contributed by atoms with Crippen molar-refractivity contribution in [1.29, 1.82) is 0 Å². The quantitative estimate of drug-likeness (QED) is 0.545. The molecule has 3 aliphatic rings. The van der Waals surface area contributed by atoms with Gasteiger partial charge in [-0.25, -0.2) is 0 Å². The monoisotopic (exact) mass is 310 g/mol. The van der Waals surface area contributed by atoms with Crippen molar-refractivity contribution in [2.75, 3.05) is 7.05 Å².